The number of carbonyl (C=O) groups excluding carboxylic acids is 1. The van der Waals surface area contributed by atoms with Crippen molar-refractivity contribution in [1.29, 1.82) is 0 Å². The average Bonchev–Trinajstić information content (AvgIpc) is 2.46. The third-order valence-corrected chi connectivity index (χ3v) is 3.16. The number of nitrogens with one attached hydrogen (secondary N) is 1. The van der Waals surface area contributed by atoms with E-state index in [-0.39, 0.29) is 11.5 Å². The topological polar surface area (TPSA) is 82.5 Å². The Morgan fingerprint density at radius 3 is 2.52 bits per heavy atom. The van der Waals surface area contributed by atoms with Crippen molar-refractivity contribution in [3.8, 4) is 0 Å². The number of pyridine rings is 1. The summed E-state index contributed by atoms with van der Waals surface area (Å²) in [5.41, 5.74) is 0.167. The highest BCUT2D eigenvalue weighted by Crippen LogP contribution is 2.24. The van der Waals surface area contributed by atoms with E-state index in [4.69, 9.17) is 0 Å². The van der Waals surface area contributed by atoms with Gasteiger partial charge in [-0.05, 0) is 0 Å². The Balaban J connectivity index is 2.23. The minimum Gasteiger partial charge on any atom is -0.478 e. The number of rotatable bonds is 5. The lowest BCUT2D eigenvalue weighted by molar-refractivity contribution is -0.128. The minimum absolute atomic E-state index is 0.0222. The molecule has 0 aliphatic rings. The number of benzene rings is 1. The normalized spacial score (nSPS) is 10.4. The lowest BCUT2D eigenvalue weighted by atomic mass is 10.1. The van der Waals surface area contributed by atoms with Crippen molar-refractivity contribution in [3.05, 3.63) is 36.0 Å². The predicted octanol–water partition coefficient (Wildman–Crippen LogP) is 1.82. The summed E-state index contributed by atoms with van der Waals surface area (Å²) >= 11 is 0. The van der Waals surface area contributed by atoms with Gasteiger partial charge >= 0.3 is 5.97 Å². The van der Waals surface area contributed by atoms with Crippen LogP contribution in [0, 0.1) is 0 Å². The molecule has 1 amide bonds. The second-order valence-corrected chi connectivity index (χ2v) is 4.84. The summed E-state index contributed by atoms with van der Waals surface area (Å²) in [6, 6.07) is 7.17. The van der Waals surface area contributed by atoms with Gasteiger partial charge in [0.05, 0.1) is 5.56 Å². The van der Waals surface area contributed by atoms with E-state index in [1.807, 2.05) is 12.1 Å². The molecule has 1 aromatic heterocycles. The summed E-state index contributed by atoms with van der Waals surface area (Å²) < 4.78 is 0. The van der Waals surface area contributed by atoms with E-state index in [0.717, 1.165) is 5.39 Å². The van der Waals surface area contributed by atoms with Crippen LogP contribution in [0.1, 0.15) is 16.8 Å². The van der Waals surface area contributed by atoms with Crippen molar-refractivity contribution in [3.63, 3.8) is 0 Å². The molecule has 0 radical (unpaired) electrons. The lowest BCUT2D eigenvalue weighted by Gasteiger charge is -2.12. The second-order valence-electron chi connectivity index (χ2n) is 4.84. The maximum absolute atomic E-state index is 11.5. The maximum Gasteiger partial charge on any atom is 0.337 e. The number of hydrogen-bond acceptors (Lipinski definition) is 4. The highest BCUT2D eigenvalue weighted by atomic mass is 16.4. The van der Waals surface area contributed by atoms with Crippen LogP contribution in [0.15, 0.2) is 30.5 Å². The fourth-order valence-electron chi connectivity index (χ4n) is 2.02. The van der Waals surface area contributed by atoms with Crippen LogP contribution in [0.25, 0.3) is 10.8 Å². The van der Waals surface area contributed by atoms with E-state index >= 15 is 0 Å². The summed E-state index contributed by atoms with van der Waals surface area (Å²) in [5.74, 6) is -0.399. The zero-order valence-electron chi connectivity index (χ0n) is 12.0. The molecule has 2 rings (SSSR count). The fraction of sp³-hybridized carbons (Fsp3) is 0.267. The number of carbonyl (C=O) groups is 2. The van der Waals surface area contributed by atoms with E-state index in [2.05, 4.69) is 10.3 Å². The third-order valence-electron chi connectivity index (χ3n) is 3.16. The van der Waals surface area contributed by atoms with Gasteiger partial charge in [0.15, 0.2) is 0 Å². The molecule has 110 valence electrons. The summed E-state index contributed by atoms with van der Waals surface area (Å²) in [4.78, 5) is 28.4. The molecule has 0 bridgehead atoms. The van der Waals surface area contributed by atoms with Crippen LogP contribution >= 0.6 is 0 Å². The Hall–Kier alpha value is -2.63. The number of anilines is 1. The van der Waals surface area contributed by atoms with Crippen LogP contribution in [-0.2, 0) is 4.79 Å². The summed E-state index contributed by atoms with van der Waals surface area (Å²) in [6.07, 6.45) is 1.68. The Kier molecular flexibility index (Phi) is 4.37. The summed E-state index contributed by atoms with van der Waals surface area (Å²) in [5, 5.41) is 13.6. The van der Waals surface area contributed by atoms with Crippen molar-refractivity contribution >= 4 is 28.5 Å². The van der Waals surface area contributed by atoms with E-state index in [1.54, 1.807) is 26.2 Å². The molecule has 0 saturated heterocycles. The lowest BCUT2D eigenvalue weighted by Crippen LogP contribution is -2.24. The molecule has 0 fully saturated rings. The molecule has 0 aliphatic carbocycles. The number of aromatic nitrogens is 1. The molecule has 6 nitrogen and oxygen atoms in total. The monoisotopic (exact) mass is 287 g/mol. The van der Waals surface area contributed by atoms with Crippen molar-refractivity contribution in [1.82, 2.24) is 9.88 Å². The van der Waals surface area contributed by atoms with Gasteiger partial charge in [0.25, 0.3) is 0 Å². The number of fused-ring (bicyclic) bond motifs is 1. The van der Waals surface area contributed by atoms with Crippen LogP contribution in [0.3, 0.4) is 0 Å². The van der Waals surface area contributed by atoms with Crippen molar-refractivity contribution in [2.24, 2.45) is 0 Å². The van der Waals surface area contributed by atoms with E-state index in [9.17, 15) is 14.7 Å². The maximum atomic E-state index is 11.5. The molecular formula is C15H17N3O3. The molecule has 21 heavy (non-hydrogen) atoms. The van der Waals surface area contributed by atoms with Gasteiger partial charge < -0.3 is 15.3 Å². The molecule has 0 unspecified atom stereocenters. The standard InChI is InChI=1S/C15H17N3O3/c1-18(2)13(19)7-8-16-14-11-6-4-3-5-10(11)12(9-17-14)15(20)21/h3-6,9H,7-8H2,1-2H3,(H,16,17)(H,20,21). The van der Waals surface area contributed by atoms with E-state index in [0.29, 0.717) is 24.2 Å². The first-order valence-corrected chi connectivity index (χ1v) is 6.55. The quantitative estimate of drug-likeness (QED) is 0.876. The molecule has 1 aromatic carbocycles. The highest BCUT2D eigenvalue weighted by molar-refractivity contribution is 6.06. The zero-order valence-corrected chi connectivity index (χ0v) is 12.0. The van der Waals surface area contributed by atoms with Crippen LogP contribution in [-0.4, -0.2) is 47.5 Å². The summed E-state index contributed by atoms with van der Waals surface area (Å²) in [6.45, 7) is 0.445. The van der Waals surface area contributed by atoms with E-state index < -0.39 is 5.97 Å². The van der Waals surface area contributed by atoms with Gasteiger partial charge in [-0.2, -0.15) is 0 Å². The molecule has 0 atom stereocenters. The first-order chi connectivity index (χ1) is 10.0. The van der Waals surface area contributed by atoms with Gasteiger partial charge in [-0.25, -0.2) is 9.78 Å². The van der Waals surface area contributed by atoms with Gasteiger partial charge in [0.2, 0.25) is 5.91 Å². The molecule has 2 aromatic rings. The van der Waals surface area contributed by atoms with Gasteiger partial charge in [-0.3, -0.25) is 4.79 Å². The number of amides is 1. The molecule has 0 saturated carbocycles. The van der Waals surface area contributed by atoms with Crippen LogP contribution in [0.5, 0.6) is 0 Å². The fourth-order valence-corrected chi connectivity index (χ4v) is 2.02. The van der Waals surface area contributed by atoms with Crippen LogP contribution in [0.2, 0.25) is 0 Å². The number of carboxylic acid groups (broad SMARTS) is 1. The van der Waals surface area contributed by atoms with Crippen molar-refractivity contribution < 1.29 is 14.7 Å². The Morgan fingerprint density at radius 2 is 1.90 bits per heavy atom. The van der Waals surface area contributed by atoms with Gasteiger partial charge in [0, 0.05) is 44.0 Å². The molecule has 2 N–H and O–H groups in total. The Morgan fingerprint density at radius 1 is 1.24 bits per heavy atom. The van der Waals surface area contributed by atoms with Crippen molar-refractivity contribution in [2.75, 3.05) is 26.0 Å². The number of nitrogens with zero attached hydrogens (tertiary/aromatic N) is 2. The number of carboxylic acids is 1. The highest BCUT2D eigenvalue weighted by Gasteiger charge is 2.12. The number of aromatic carboxylic acids is 1. The van der Waals surface area contributed by atoms with E-state index in [1.165, 1.54) is 11.1 Å². The minimum atomic E-state index is -1.01. The van der Waals surface area contributed by atoms with Crippen LogP contribution < -0.4 is 5.32 Å². The largest absolute Gasteiger partial charge is 0.478 e. The molecule has 0 aliphatic heterocycles. The van der Waals surface area contributed by atoms with Gasteiger partial charge in [0.1, 0.15) is 5.82 Å². The van der Waals surface area contributed by atoms with Gasteiger partial charge in [-0.1, -0.05) is 24.3 Å². The van der Waals surface area contributed by atoms with Crippen LogP contribution in [0.4, 0.5) is 5.82 Å². The average molecular weight is 287 g/mol. The molecule has 1 heterocycles. The van der Waals surface area contributed by atoms with Crippen molar-refractivity contribution in [2.45, 2.75) is 6.42 Å². The second kappa shape index (κ2) is 6.21. The molecule has 0 spiro atoms. The first-order valence-electron chi connectivity index (χ1n) is 6.55. The molecular weight excluding hydrogens is 270 g/mol. The number of hydrogen-bond donors (Lipinski definition) is 2. The molecule has 6 heteroatoms. The Bertz CT molecular complexity index is 683. The SMILES string of the molecule is CN(C)C(=O)CCNc1ncc(C(=O)O)c2ccccc12. The first kappa shape index (κ1) is 14.8. The van der Waals surface area contributed by atoms with Gasteiger partial charge in [-0.15, -0.1) is 0 Å². The predicted molar refractivity (Wildman–Crippen MR) is 80.5 cm³/mol. The smallest absolute Gasteiger partial charge is 0.337 e. The Labute approximate surface area is 122 Å². The third kappa shape index (κ3) is 3.28. The zero-order chi connectivity index (χ0) is 15.4. The summed E-state index contributed by atoms with van der Waals surface area (Å²) in [7, 11) is 3.41.